The van der Waals surface area contributed by atoms with E-state index in [1.165, 1.54) is 12.8 Å². The first-order valence-electron chi connectivity index (χ1n) is 4.65. The average molecular weight is 293 g/mol. The van der Waals surface area contributed by atoms with Crippen molar-refractivity contribution in [2.75, 3.05) is 5.73 Å². The van der Waals surface area contributed by atoms with Crippen LogP contribution in [-0.2, 0) is 6.54 Å². The summed E-state index contributed by atoms with van der Waals surface area (Å²) in [6, 6.07) is 0. The Bertz CT molecular complexity index is 266. The second-order valence-corrected chi connectivity index (χ2v) is 4.40. The molecule has 2 N–H and O–H groups in total. The zero-order valence-corrected chi connectivity index (χ0v) is 10.3. The number of hydrogen-bond acceptors (Lipinski definition) is 2. The molecule has 0 aliphatic carbocycles. The third-order valence-electron chi connectivity index (χ3n) is 2.42. The maximum atomic E-state index is 5.85. The van der Waals surface area contributed by atoms with Crippen LogP contribution in [0.25, 0.3) is 0 Å². The molecule has 0 atom stereocenters. The van der Waals surface area contributed by atoms with Crippen LogP contribution in [0.4, 0.5) is 5.82 Å². The molecule has 1 rings (SSSR count). The molecule has 0 unspecified atom stereocenters. The van der Waals surface area contributed by atoms with Crippen LogP contribution >= 0.6 is 22.6 Å². The van der Waals surface area contributed by atoms with Gasteiger partial charge in [-0.2, -0.15) is 5.10 Å². The van der Waals surface area contributed by atoms with Crippen molar-refractivity contribution in [2.24, 2.45) is 5.92 Å². The van der Waals surface area contributed by atoms with Crippen LogP contribution in [0, 0.1) is 9.49 Å². The van der Waals surface area contributed by atoms with E-state index in [9.17, 15) is 0 Å². The van der Waals surface area contributed by atoms with Gasteiger partial charge in [0, 0.05) is 6.54 Å². The Kier molecular flexibility index (Phi) is 4.02. The highest BCUT2D eigenvalue weighted by Gasteiger charge is 2.09. The van der Waals surface area contributed by atoms with Crippen molar-refractivity contribution >= 4 is 28.4 Å². The highest BCUT2D eigenvalue weighted by Crippen LogP contribution is 2.17. The maximum Gasteiger partial charge on any atom is 0.135 e. The monoisotopic (exact) mass is 293 g/mol. The SMILES string of the molecule is CCC(CC)Cn1ncc(I)c1N. The van der Waals surface area contributed by atoms with Gasteiger partial charge in [-0.25, -0.2) is 4.68 Å². The summed E-state index contributed by atoms with van der Waals surface area (Å²) in [5.74, 6) is 1.49. The number of hydrogen-bond donors (Lipinski definition) is 1. The van der Waals surface area contributed by atoms with Gasteiger partial charge in [0.25, 0.3) is 0 Å². The molecule has 1 aromatic rings. The van der Waals surface area contributed by atoms with Crippen molar-refractivity contribution in [1.82, 2.24) is 9.78 Å². The molecule has 3 nitrogen and oxygen atoms in total. The van der Waals surface area contributed by atoms with Crippen LogP contribution in [0.2, 0.25) is 0 Å². The van der Waals surface area contributed by atoms with Gasteiger partial charge in [-0.1, -0.05) is 26.7 Å². The number of halogens is 1. The van der Waals surface area contributed by atoms with Crippen LogP contribution in [0.15, 0.2) is 6.20 Å². The quantitative estimate of drug-likeness (QED) is 0.867. The zero-order valence-electron chi connectivity index (χ0n) is 8.13. The molecule has 0 amide bonds. The predicted molar refractivity (Wildman–Crippen MR) is 63.4 cm³/mol. The smallest absolute Gasteiger partial charge is 0.135 e. The number of anilines is 1. The molecule has 0 saturated carbocycles. The van der Waals surface area contributed by atoms with Crippen LogP contribution < -0.4 is 5.73 Å². The molecule has 0 saturated heterocycles. The van der Waals surface area contributed by atoms with E-state index in [4.69, 9.17) is 5.73 Å². The summed E-state index contributed by atoms with van der Waals surface area (Å²) >= 11 is 2.21. The van der Waals surface area contributed by atoms with Crippen molar-refractivity contribution in [2.45, 2.75) is 33.2 Å². The Morgan fingerprint density at radius 3 is 2.54 bits per heavy atom. The lowest BCUT2D eigenvalue weighted by molar-refractivity contribution is 0.399. The minimum atomic E-state index is 0.693. The third kappa shape index (κ3) is 2.59. The molecule has 0 fully saturated rings. The summed E-state index contributed by atoms with van der Waals surface area (Å²) in [5, 5.41) is 4.24. The van der Waals surface area contributed by atoms with Gasteiger partial charge in [0.1, 0.15) is 5.82 Å². The Hall–Kier alpha value is -0.260. The summed E-state index contributed by atoms with van der Waals surface area (Å²) in [4.78, 5) is 0. The van der Waals surface area contributed by atoms with Crippen LogP contribution in [0.1, 0.15) is 26.7 Å². The molecule has 4 heteroatoms. The number of nitrogens with zero attached hydrogens (tertiary/aromatic N) is 2. The normalized spacial score (nSPS) is 11.1. The minimum Gasteiger partial charge on any atom is -0.383 e. The fourth-order valence-corrected chi connectivity index (χ4v) is 1.71. The molecule has 1 heterocycles. The van der Waals surface area contributed by atoms with Gasteiger partial charge in [0.2, 0.25) is 0 Å². The van der Waals surface area contributed by atoms with Crippen molar-refractivity contribution in [1.29, 1.82) is 0 Å². The molecule has 0 spiro atoms. The van der Waals surface area contributed by atoms with E-state index in [-0.39, 0.29) is 0 Å². The maximum absolute atomic E-state index is 5.85. The van der Waals surface area contributed by atoms with Gasteiger partial charge in [-0.05, 0) is 28.5 Å². The Morgan fingerprint density at radius 2 is 2.15 bits per heavy atom. The van der Waals surface area contributed by atoms with E-state index in [0.717, 1.165) is 15.9 Å². The Balaban J connectivity index is 2.67. The summed E-state index contributed by atoms with van der Waals surface area (Å²) in [6.45, 7) is 5.36. The Morgan fingerprint density at radius 1 is 1.54 bits per heavy atom. The van der Waals surface area contributed by atoms with Gasteiger partial charge >= 0.3 is 0 Å². The molecule has 0 bridgehead atoms. The molecule has 1 aromatic heterocycles. The second kappa shape index (κ2) is 4.83. The van der Waals surface area contributed by atoms with Crippen molar-refractivity contribution in [3.8, 4) is 0 Å². The summed E-state index contributed by atoms with van der Waals surface area (Å²) in [6.07, 6.45) is 4.19. The van der Waals surface area contributed by atoms with Gasteiger partial charge in [0.15, 0.2) is 0 Å². The average Bonchev–Trinajstić information content (AvgIpc) is 2.45. The zero-order chi connectivity index (χ0) is 9.84. The van der Waals surface area contributed by atoms with Gasteiger partial charge in [-0.3, -0.25) is 0 Å². The first-order valence-corrected chi connectivity index (χ1v) is 5.73. The molecule has 0 aliphatic heterocycles. The van der Waals surface area contributed by atoms with Crippen molar-refractivity contribution in [3.05, 3.63) is 9.77 Å². The van der Waals surface area contributed by atoms with E-state index < -0.39 is 0 Å². The Labute approximate surface area is 92.8 Å². The third-order valence-corrected chi connectivity index (χ3v) is 3.25. The molecular weight excluding hydrogens is 277 g/mol. The highest BCUT2D eigenvalue weighted by molar-refractivity contribution is 14.1. The fourth-order valence-electron chi connectivity index (χ4n) is 1.31. The minimum absolute atomic E-state index is 0.693. The number of nitrogens with two attached hydrogens (primary N) is 1. The van der Waals surface area contributed by atoms with E-state index in [1.807, 2.05) is 10.9 Å². The second-order valence-electron chi connectivity index (χ2n) is 3.24. The standard InChI is InChI=1S/C9H16IN3/c1-3-7(4-2)6-13-9(11)8(10)5-12-13/h5,7H,3-4,6,11H2,1-2H3. The number of rotatable bonds is 4. The lowest BCUT2D eigenvalue weighted by Crippen LogP contribution is -2.12. The van der Waals surface area contributed by atoms with E-state index in [1.54, 1.807) is 0 Å². The van der Waals surface area contributed by atoms with Crippen molar-refractivity contribution < 1.29 is 0 Å². The highest BCUT2D eigenvalue weighted by atomic mass is 127. The largest absolute Gasteiger partial charge is 0.383 e. The van der Waals surface area contributed by atoms with Crippen LogP contribution in [0.3, 0.4) is 0 Å². The molecular formula is C9H16IN3. The summed E-state index contributed by atoms with van der Waals surface area (Å²) in [5.41, 5.74) is 5.85. The van der Waals surface area contributed by atoms with E-state index in [2.05, 4.69) is 41.5 Å². The molecule has 0 aliphatic rings. The fraction of sp³-hybridized carbons (Fsp3) is 0.667. The van der Waals surface area contributed by atoms with Crippen LogP contribution in [0.5, 0.6) is 0 Å². The van der Waals surface area contributed by atoms with Crippen LogP contribution in [-0.4, -0.2) is 9.78 Å². The van der Waals surface area contributed by atoms with Gasteiger partial charge in [-0.15, -0.1) is 0 Å². The summed E-state index contributed by atoms with van der Waals surface area (Å²) < 4.78 is 2.95. The lowest BCUT2D eigenvalue weighted by atomic mass is 10.0. The molecule has 74 valence electrons. The molecule has 0 aromatic carbocycles. The first-order chi connectivity index (χ1) is 6.19. The van der Waals surface area contributed by atoms with Crippen molar-refractivity contribution in [3.63, 3.8) is 0 Å². The predicted octanol–water partition coefficient (Wildman–Crippen LogP) is 2.51. The number of nitrogen functional groups attached to an aromatic ring is 1. The molecule has 13 heavy (non-hydrogen) atoms. The van der Waals surface area contributed by atoms with Gasteiger partial charge in [0.05, 0.1) is 9.77 Å². The van der Waals surface area contributed by atoms with E-state index in [0.29, 0.717) is 5.92 Å². The number of aromatic nitrogens is 2. The van der Waals surface area contributed by atoms with E-state index >= 15 is 0 Å². The topological polar surface area (TPSA) is 43.8 Å². The lowest BCUT2D eigenvalue weighted by Gasteiger charge is -2.12. The first kappa shape index (κ1) is 10.8. The summed E-state index contributed by atoms with van der Waals surface area (Å²) in [7, 11) is 0. The molecule has 0 radical (unpaired) electrons. The van der Waals surface area contributed by atoms with Gasteiger partial charge < -0.3 is 5.73 Å².